The van der Waals surface area contributed by atoms with Crippen molar-refractivity contribution in [3.8, 4) is 11.5 Å². The Labute approximate surface area is 370 Å². The van der Waals surface area contributed by atoms with Gasteiger partial charge in [-0.3, -0.25) is 9.59 Å². The average Bonchev–Trinajstić information content (AvgIpc) is 3.33. The van der Waals surface area contributed by atoms with Crippen molar-refractivity contribution in [3.05, 3.63) is 215 Å². The fourth-order valence-electron chi connectivity index (χ4n) is 6.61. The number of hydrogen-bond acceptors (Lipinski definition) is 9. The number of ether oxygens (including phenoxy) is 4. The van der Waals surface area contributed by atoms with Gasteiger partial charge in [0.15, 0.2) is 0 Å². The molecule has 0 heterocycles. The number of alkyl carbamates (subject to hydrolysis) is 1. The predicted molar refractivity (Wildman–Crippen MR) is 243 cm³/mol. The monoisotopic (exact) mass is 854 g/mol. The highest BCUT2D eigenvalue weighted by atomic mass is 16.7. The molecule has 0 aliphatic carbocycles. The third kappa shape index (κ3) is 13.6. The van der Waals surface area contributed by atoms with Gasteiger partial charge >= 0.3 is 12.2 Å². The van der Waals surface area contributed by atoms with Crippen molar-refractivity contribution in [1.82, 2.24) is 16.1 Å². The summed E-state index contributed by atoms with van der Waals surface area (Å²) >= 11 is 0. The van der Waals surface area contributed by atoms with Gasteiger partial charge in [-0.1, -0.05) is 140 Å². The summed E-state index contributed by atoms with van der Waals surface area (Å²) in [6.07, 6.45) is -0.0705. The molecule has 0 saturated carbocycles. The number of carbonyl (C=O) groups is 4. The van der Waals surface area contributed by atoms with Gasteiger partial charge in [-0.2, -0.15) is 5.10 Å². The molecule has 12 nitrogen and oxygen atoms in total. The summed E-state index contributed by atoms with van der Waals surface area (Å²) in [4.78, 5) is 53.3. The van der Waals surface area contributed by atoms with Gasteiger partial charge in [0, 0.05) is 12.8 Å². The van der Waals surface area contributed by atoms with Gasteiger partial charge in [0.2, 0.25) is 5.91 Å². The Hall–Kier alpha value is -8.25. The normalized spacial score (nSPS) is 11.8. The molecule has 0 aromatic heterocycles. The van der Waals surface area contributed by atoms with Crippen molar-refractivity contribution in [2.45, 2.75) is 44.7 Å². The average molecular weight is 855 g/mol. The lowest BCUT2D eigenvalue weighted by molar-refractivity contribution is -0.130. The molecule has 3 amide bonds. The molecule has 0 spiro atoms. The van der Waals surface area contributed by atoms with Crippen molar-refractivity contribution in [2.75, 3.05) is 0 Å². The first-order chi connectivity index (χ1) is 31.3. The van der Waals surface area contributed by atoms with Crippen LogP contribution < -0.4 is 25.5 Å². The van der Waals surface area contributed by atoms with Gasteiger partial charge in [-0.25, -0.2) is 15.0 Å². The third-order valence-electron chi connectivity index (χ3n) is 9.99. The first kappa shape index (κ1) is 43.8. The number of fused-ring (bicyclic) bond motifs is 1. The van der Waals surface area contributed by atoms with E-state index in [4.69, 9.17) is 18.9 Å². The molecule has 12 heteroatoms. The van der Waals surface area contributed by atoms with Gasteiger partial charge in [0.1, 0.15) is 43.4 Å². The van der Waals surface area contributed by atoms with Crippen LogP contribution in [0.3, 0.4) is 0 Å². The van der Waals surface area contributed by atoms with Gasteiger partial charge in [-0.05, 0) is 86.6 Å². The number of amides is 3. The van der Waals surface area contributed by atoms with Crippen molar-refractivity contribution < 1.29 is 38.1 Å². The van der Waals surface area contributed by atoms with E-state index >= 15 is 0 Å². The highest BCUT2D eigenvalue weighted by Crippen LogP contribution is 2.19. The molecule has 64 heavy (non-hydrogen) atoms. The smallest absolute Gasteiger partial charge is 0.489 e. The molecule has 0 saturated heterocycles. The second-order valence-corrected chi connectivity index (χ2v) is 14.8. The first-order valence-corrected chi connectivity index (χ1v) is 20.7. The summed E-state index contributed by atoms with van der Waals surface area (Å²) in [5, 5.41) is 12.0. The first-order valence-electron chi connectivity index (χ1n) is 20.7. The van der Waals surface area contributed by atoms with Crippen LogP contribution in [-0.2, 0) is 51.7 Å². The number of nitrogens with zero attached hydrogens (tertiary/aromatic N) is 1. The standard InChI is InChI=1S/C52H46N4O8/c57-49(47(55-51(59)62-34-40-14-6-2-7-15-40)32-38-21-28-46(29-22-38)64-52(60)63-35-41-16-8-3-9-17-41)54-48(31-37-12-4-1-5-13-37)50(58)56-53-33-39-23-26-45(27-24-39)61-36-42-20-25-43-18-10-11-19-44(43)30-42/h1-30,33,47-48H,31-32,34-36H2,(H,54,57)(H,55,59)(H,56,58)/b53-33-/t47-,48+/m0/s1. The largest absolute Gasteiger partial charge is 0.514 e. The maximum absolute atomic E-state index is 14.1. The zero-order valence-electron chi connectivity index (χ0n) is 34.8. The van der Waals surface area contributed by atoms with Crippen molar-refractivity contribution in [2.24, 2.45) is 5.10 Å². The number of hydrazone groups is 1. The van der Waals surface area contributed by atoms with Crippen LogP contribution in [0.4, 0.5) is 9.59 Å². The third-order valence-corrected chi connectivity index (χ3v) is 9.99. The van der Waals surface area contributed by atoms with Crippen molar-refractivity contribution in [3.63, 3.8) is 0 Å². The molecule has 7 aromatic rings. The van der Waals surface area contributed by atoms with Gasteiger partial charge in [-0.15, -0.1) is 0 Å². The maximum Gasteiger partial charge on any atom is 0.514 e. The van der Waals surface area contributed by atoms with Crippen LogP contribution in [0.1, 0.15) is 33.4 Å². The zero-order valence-corrected chi connectivity index (χ0v) is 34.8. The predicted octanol–water partition coefficient (Wildman–Crippen LogP) is 8.85. The van der Waals surface area contributed by atoms with Crippen LogP contribution in [0.15, 0.2) is 187 Å². The quantitative estimate of drug-likeness (QED) is 0.0335. The molecular weight excluding hydrogens is 809 g/mol. The highest BCUT2D eigenvalue weighted by molar-refractivity contribution is 5.92. The SMILES string of the molecule is O=C(N[C@@H](Cc1ccc(OC(=O)OCc2ccccc2)cc1)C(=O)N[C@H](Cc1ccccc1)C(=O)N/N=C\c1ccc(OCc2ccc3ccccc3c2)cc1)OCc1ccccc1. The summed E-state index contributed by atoms with van der Waals surface area (Å²) in [7, 11) is 0. The van der Waals surface area contributed by atoms with Crippen LogP contribution in [0.2, 0.25) is 0 Å². The molecule has 0 fully saturated rings. The van der Waals surface area contributed by atoms with Crippen molar-refractivity contribution in [1.29, 1.82) is 0 Å². The van der Waals surface area contributed by atoms with E-state index in [0.29, 0.717) is 23.5 Å². The Balaban J connectivity index is 0.988. The van der Waals surface area contributed by atoms with Crippen LogP contribution in [0, 0.1) is 0 Å². The number of hydrogen-bond donors (Lipinski definition) is 3. The second kappa shape index (κ2) is 22.6. The Morgan fingerprint density at radius 3 is 1.67 bits per heavy atom. The Bertz CT molecular complexity index is 2640. The fraction of sp³-hybridized carbons (Fsp3) is 0.135. The van der Waals surface area contributed by atoms with Crippen molar-refractivity contribution >= 4 is 41.1 Å². The van der Waals surface area contributed by atoms with E-state index < -0.39 is 36.1 Å². The molecule has 3 N–H and O–H groups in total. The molecule has 2 atom stereocenters. The topological polar surface area (TPSA) is 154 Å². The maximum atomic E-state index is 14.1. The second-order valence-electron chi connectivity index (χ2n) is 14.8. The summed E-state index contributed by atoms with van der Waals surface area (Å²) in [6, 6.07) is 53.4. The number of nitrogens with one attached hydrogen (secondary N) is 3. The zero-order chi connectivity index (χ0) is 44.4. The fourth-order valence-corrected chi connectivity index (χ4v) is 6.61. The van der Waals surface area contributed by atoms with Gasteiger partial charge < -0.3 is 29.6 Å². The minimum Gasteiger partial charge on any atom is -0.489 e. The van der Waals surface area contributed by atoms with Gasteiger partial charge in [0.05, 0.1) is 6.21 Å². The number of carbonyl (C=O) groups excluding carboxylic acids is 4. The van der Waals surface area contributed by atoms with E-state index in [0.717, 1.165) is 27.6 Å². The van der Waals surface area contributed by atoms with Crippen LogP contribution in [-0.4, -0.2) is 42.4 Å². The van der Waals surface area contributed by atoms with Crippen LogP contribution >= 0.6 is 0 Å². The van der Waals surface area contributed by atoms with Crippen LogP contribution in [0.5, 0.6) is 11.5 Å². The Morgan fingerprint density at radius 2 is 1.02 bits per heavy atom. The summed E-state index contributed by atoms with van der Waals surface area (Å²) in [6.45, 7) is 0.433. The molecule has 7 rings (SSSR count). The summed E-state index contributed by atoms with van der Waals surface area (Å²) in [5.41, 5.74) is 7.30. The molecular formula is C52H46N4O8. The molecule has 7 aromatic carbocycles. The molecule has 0 aliphatic rings. The lowest BCUT2D eigenvalue weighted by atomic mass is 10.0. The van der Waals surface area contributed by atoms with Crippen LogP contribution in [0.25, 0.3) is 10.8 Å². The minimum absolute atomic E-state index is 0.00476. The summed E-state index contributed by atoms with van der Waals surface area (Å²) < 4.78 is 22.0. The Kier molecular flexibility index (Phi) is 15.4. The molecule has 0 aliphatic heterocycles. The van der Waals surface area contributed by atoms with E-state index in [1.54, 1.807) is 24.3 Å². The Morgan fingerprint density at radius 1 is 0.484 bits per heavy atom. The molecule has 0 bridgehead atoms. The van der Waals surface area contributed by atoms with Gasteiger partial charge in [0.25, 0.3) is 5.91 Å². The number of benzene rings is 7. The lowest BCUT2D eigenvalue weighted by Crippen LogP contribution is -2.54. The van der Waals surface area contributed by atoms with E-state index in [-0.39, 0.29) is 31.8 Å². The summed E-state index contributed by atoms with van der Waals surface area (Å²) in [5.74, 6) is -0.314. The lowest BCUT2D eigenvalue weighted by Gasteiger charge is -2.23. The molecule has 322 valence electrons. The molecule has 0 radical (unpaired) electrons. The minimum atomic E-state index is -1.18. The van der Waals surface area contributed by atoms with E-state index in [2.05, 4.69) is 45.4 Å². The van der Waals surface area contributed by atoms with E-state index in [1.165, 1.54) is 11.6 Å². The molecule has 0 unspecified atom stereocenters. The highest BCUT2D eigenvalue weighted by Gasteiger charge is 2.28. The number of rotatable bonds is 18. The van der Waals surface area contributed by atoms with E-state index in [9.17, 15) is 19.2 Å². The van der Waals surface area contributed by atoms with E-state index in [1.807, 2.05) is 133 Å².